The number of nitrogens with one attached hydrogen (secondary N) is 1. The van der Waals surface area contributed by atoms with Gasteiger partial charge in [0.1, 0.15) is 11.6 Å². The zero-order valence-corrected chi connectivity index (χ0v) is 7.40. The summed E-state index contributed by atoms with van der Waals surface area (Å²) < 4.78 is 4.95. The minimum atomic E-state index is -0.895. The van der Waals surface area contributed by atoms with Crippen molar-refractivity contribution in [3.8, 4) is 6.07 Å². The van der Waals surface area contributed by atoms with Gasteiger partial charge in [-0.3, -0.25) is 0 Å². The summed E-state index contributed by atoms with van der Waals surface area (Å²) in [5.74, 6) is 0.333. The highest BCUT2D eigenvalue weighted by Crippen LogP contribution is 2.21. The number of nitriles is 1. The Hall–Kier alpha value is -1.71. The number of hydrogen-bond acceptors (Lipinski definition) is 6. The van der Waals surface area contributed by atoms with E-state index in [9.17, 15) is 0 Å². The van der Waals surface area contributed by atoms with E-state index in [1.165, 1.54) is 6.07 Å². The minimum Gasteiger partial charge on any atom is -0.424 e. The van der Waals surface area contributed by atoms with Crippen LogP contribution < -0.4 is 11.1 Å². The Morgan fingerprint density at radius 1 is 1.71 bits per heavy atom. The molecule has 0 aliphatic heterocycles. The third-order valence-electron chi connectivity index (χ3n) is 1.58. The molecule has 0 aliphatic rings. The minimum absolute atomic E-state index is 0.0954. The van der Waals surface area contributed by atoms with Crippen molar-refractivity contribution < 1.29 is 14.6 Å². The van der Waals surface area contributed by atoms with Crippen LogP contribution in [0.1, 0.15) is 5.56 Å². The van der Waals surface area contributed by atoms with Crippen molar-refractivity contribution in [1.82, 2.24) is 0 Å². The van der Waals surface area contributed by atoms with E-state index in [1.54, 1.807) is 0 Å². The molecule has 0 fully saturated rings. The highest BCUT2D eigenvalue weighted by Gasteiger charge is 2.10. The van der Waals surface area contributed by atoms with Crippen LogP contribution in [0.2, 0.25) is 0 Å². The first-order chi connectivity index (χ1) is 6.67. The molecule has 0 aromatic carbocycles. The lowest BCUT2D eigenvalue weighted by Crippen LogP contribution is -2.22. The van der Waals surface area contributed by atoms with Gasteiger partial charge in [0.25, 0.3) is 0 Å². The molecule has 76 valence electrons. The zero-order valence-electron chi connectivity index (χ0n) is 7.40. The number of aliphatic hydroxyl groups excluding tert-OH is 2. The van der Waals surface area contributed by atoms with E-state index in [4.69, 9.17) is 25.6 Å². The molecule has 6 nitrogen and oxygen atoms in total. The fraction of sp³-hybridized carbons (Fsp3) is 0.375. The van der Waals surface area contributed by atoms with Crippen molar-refractivity contribution in [2.24, 2.45) is 0 Å². The van der Waals surface area contributed by atoms with Gasteiger partial charge in [0, 0.05) is 12.6 Å². The van der Waals surface area contributed by atoms with E-state index in [-0.39, 0.29) is 30.5 Å². The van der Waals surface area contributed by atoms with Gasteiger partial charge in [-0.2, -0.15) is 5.26 Å². The average Bonchev–Trinajstić information content (AvgIpc) is 2.55. The van der Waals surface area contributed by atoms with Gasteiger partial charge in [-0.25, -0.2) is 0 Å². The number of aliphatic hydroxyl groups is 2. The quantitative estimate of drug-likeness (QED) is 0.517. The molecule has 1 rings (SSSR count). The molecule has 6 heteroatoms. The first-order valence-electron chi connectivity index (χ1n) is 3.99. The molecule has 0 aliphatic carbocycles. The second kappa shape index (κ2) is 4.50. The van der Waals surface area contributed by atoms with Crippen molar-refractivity contribution in [2.75, 3.05) is 24.2 Å². The third-order valence-corrected chi connectivity index (χ3v) is 1.58. The lowest BCUT2D eigenvalue weighted by Gasteiger charge is -2.07. The standard InChI is InChI=1S/C8H11N3O3/c9-2-5-1-7(10)14-8(5)11-3-6(13)4-12/h1,6,11-13H,3-4,10H2. The molecule has 5 N–H and O–H groups in total. The van der Waals surface area contributed by atoms with Crippen LogP contribution >= 0.6 is 0 Å². The number of nitrogens with two attached hydrogens (primary N) is 1. The van der Waals surface area contributed by atoms with Crippen LogP contribution in [0, 0.1) is 11.3 Å². The smallest absolute Gasteiger partial charge is 0.213 e. The predicted octanol–water partition coefficient (Wildman–Crippen LogP) is -0.501. The Balaban J connectivity index is 2.63. The van der Waals surface area contributed by atoms with E-state index >= 15 is 0 Å². The Morgan fingerprint density at radius 2 is 2.43 bits per heavy atom. The number of nitrogen functional groups attached to an aromatic ring is 1. The maximum atomic E-state index is 9.02. The lowest BCUT2D eigenvalue weighted by atomic mass is 10.3. The van der Waals surface area contributed by atoms with E-state index < -0.39 is 6.10 Å². The topological polar surface area (TPSA) is 115 Å². The average molecular weight is 197 g/mol. The molecule has 1 unspecified atom stereocenters. The molecular weight excluding hydrogens is 186 g/mol. The molecule has 1 aromatic rings. The number of rotatable bonds is 4. The molecule has 0 saturated carbocycles. The van der Waals surface area contributed by atoms with Crippen LogP contribution in [0.4, 0.5) is 11.8 Å². The van der Waals surface area contributed by atoms with Crippen LogP contribution in [0.25, 0.3) is 0 Å². The normalized spacial score (nSPS) is 12.1. The number of furan rings is 1. The van der Waals surface area contributed by atoms with Gasteiger partial charge < -0.3 is 25.7 Å². The Kier molecular flexibility index (Phi) is 3.34. The van der Waals surface area contributed by atoms with Gasteiger partial charge in [0.2, 0.25) is 5.88 Å². The highest BCUT2D eigenvalue weighted by molar-refractivity contribution is 5.55. The summed E-state index contributed by atoms with van der Waals surface area (Å²) in [4.78, 5) is 0. The molecule has 1 heterocycles. The summed E-state index contributed by atoms with van der Waals surface area (Å²) in [5, 5.41) is 28.8. The van der Waals surface area contributed by atoms with Gasteiger partial charge in [-0.1, -0.05) is 0 Å². The molecule has 0 amide bonds. The predicted molar refractivity (Wildman–Crippen MR) is 49.4 cm³/mol. The maximum absolute atomic E-state index is 9.02. The van der Waals surface area contributed by atoms with Crippen LogP contribution in [0.5, 0.6) is 0 Å². The number of anilines is 2. The Morgan fingerprint density at radius 3 is 3.00 bits per heavy atom. The summed E-state index contributed by atoms with van der Waals surface area (Å²) >= 11 is 0. The monoisotopic (exact) mass is 197 g/mol. The lowest BCUT2D eigenvalue weighted by molar-refractivity contribution is 0.105. The first kappa shape index (κ1) is 10.4. The van der Waals surface area contributed by atoms with Crippen molar-refractivity contribution >= 4 is 11.8 Å². The summed E-state index contributed by atoms with van der Waals surface area (Å²) in [7, 11) is 0. The van der Waals surface area contributed by atoms with Crippen molar-refractivity contribution in [3.05, 3.63) is 11.6 Å². The van der Waals surface area contributed by atoms with Gasteiger partial charge in [0.15, 0.2) is 5.88 Å². The second-order valence-corrected chi connectivity index (χ2v) is 2.72. The zero-order chi connectivity index (χ0) is 10.6. The van der Waals surface area contributed by atoms with Crippen molar-refractivity contribution in [3.63, 3.8) is 0 Å². The van der Waals surface area contributed by atoms with E-state index in [1.807, 2.05) is 6.07 Å². The Labute approximate surface area is 80.6 Å². The van der Waals surface area contributed by atoms with E-state index in [2.05, 4.69) is 5.32 Å². The SMILES string of the molecule is N#Cc1cc(N)oc1NCC(O)CO. The fourth-order valence-electron chi connectivity index (χ4n) is 0.900. The number of hydrogen-bond donors (Lipinski definition) is 4. The largest absolute Gasteiger partial charge is 0.424 e. The van der Waals surface area contributed by atoms with E-state index in [0.717, 1.165) is 0 Å². The molecular formula is C8H11N3O3. The molecule has 1 aromatic heterocycles. The molecule has 0 radical (unpaired) electrons. The molecule has 14 heavy (non-hydrogen) atoms. The maximum Gasteiger partial charge on any atom is 0.213 e. The molecule has 0 bridgehead atoms. The first-order valence-corrected chi connectivity index (χ1v) is 3.99. The molecule has 0 saturated heterocycles. The van der Waals surface area contributed by atoms with Crippen molar-refractivity contribution in [2.45, 2.75) is 6.10 Å². The van der Waals surface area contributed by atoms with Crippen LogP contribution in [0.3, 0.4) is 0 Å². The van der Waals surface area contributed by atoms with Crippen LogP contribution in [-0.2, 0) is 0 Å². The van der Waals surface area contributed by atoms with Crippen LogP contribution in [0.15, 0.2) is 10.5 Å². The van der Waals surface area contributed by atoms with Gasteiger partial charge in [-0.15, -0.1) is 0 Å². The Bertz CT molecular complexity index is 342. The number of nitrogens with zero attached hydrogens (tertiary/aromatic N) is 1. The van der Waals surface area contributed by atoms with Crippen molar-refractivity contribution in [1.29, 1.82) is 5.26 Å². The van der Waals surface area contributed by atoms with E-state index in [0.29, 0.717) is 0 Å². The fourth-order valence-corrected chi connectivity index (χ4v) is 0.900. The van der Waals surface area contributed by atoms with Gasteiger partial charge in [0.05, 0.1) is 12.7 Å². The summed E-state index contributed by atoms with van der Waals surface area (Å²) in [5.41, 5.74) is 5.60. The van der Waals surface area contributed by atoms with Gasteiger partial charge >= 0.3 is 0 Å². The molecule has 0 spiro atoms. The highest BCUT2D eigenvalue weighted by atomic mass is 16.4. The summed E-state index contributed by atoms with van der Waals surface area (Å²) in [6.07, 6.45) is -0.895. The third kappa shape index (κ3) is 2.39. The molecule has 1 atom stereocenters. The van der Waals surface area contributed by atoms with Crippen LogP contribution in [-0.4, -0.2) is 29.5 Å². The second-order valence-electron chi connectivity index (χ2n) is 2.72. The van der Waals surface area contributed by atoms with Gasteiger partial charge in [-0.05, 0) is 0 Å². The summed E-state index contributed by atoms with van der Waals surface area (Å²) in [6.45, 7) is -0.261. The summed E-state index contributed by atoms with van der Waals surface area (Å²) in [6, 6.07) is 3.26.